The van der Waals surface area contributed by atoms with Crippen molar-refractivity contribution in [3.05, 3.63) is 53.7 Å². The van der Waals surface area contributed by atoms with Gasteiger partial charge in [-0.25, -0.2) is 13.1 Å². The predicted octanol–water partition coefficient (Wildman–Crippen LogP) is 2.73. The molecule has 1 N–H and O–H groups in total. The fraction of sp³-hybridized carbons (Fsp3) is 0.211. The fourth-order valence-electron chi connectivity index (χ4n) is 3.00. The monoisotopic (exact) mass is 402 g/mol. The van der Waals surface area contributed by atoms with E-state index in [9.17, 15) is 8.42 Å². The highest BCUT2D eigenvalue weighted by Gasteiger charge is 2.25. The van der Waals surface area contributed by atoms with Gasteiger partial charge in [-0.3, -0.25) is 0 Å². The van der Waals surface area contributed by atoms with Crippen LogP contribution >= 0.6 is 0 Å². The molecule has 0 saturated carbocycles. The van der Waals surface area contributed by atoms with Gasteiger partial charge in [-0.1, -0.05) is 5.16 Å². The number of ether oxygens (including phenoxy) is 3. The Bertz CT molecular complexity index is 1120. The van der Waals surface area contributed by atoms with Crippen molar-refractivity contribution in [1.82, 2.24) is 9.88 Å². The largest absolute Gasteiger partial charge is 0.497 e. The highest BCUT2D eigenvalue weighted by molar-refractivity contribution is 7.89. The van der Waals surface area contributed by atoms with Gasteiger partial charge in [-0.2, -0.15) is 0 Å². The number of nitrogens with zero attached hydrogens (tertiary/aromatic N) is 1. The van der Waals surface area contributed by atoms with E-state index in [-0.39, 0.29) is 11.4 Å². The Morgan fingerprint density at radius 1 is 1.14 bits per heavy atom. The Balaban J connectivity index is 1.61. The van der Waals surface area contributed by atoms with E-state index < -0.39 is 10.0 Å². The lowest BCUT2D eigenvalue weighted by Gasteiger charge is -2.17. The number of methoxy groups -OCH3 is 2. The van der Waals surface area contributed by atoms with Crippen molar-refractivity contribution in [2.24, 2.45) is 0 Å². The van der Waals surface area contributed by atoms with Gasteiger partial charge >= 0.3 is 0 Å². The number of nitrogens with one attached hydrogen (secondary N) is 1. The van der Waals surface area contributed by atoms with Crippen molar-refractivity contribution in [2.75, 3.05) is 14.2 Å². The summed E-state index contributed by atoms with van der Waals surface area (Å²) >= 11 is 0. The zero-order chi connectivity index (χ0) is 19.7. The van der Waals surface area contributed by atoms with Gasteiger partial charge in [0.15, 0.2) is 5.76 Å². The zero-order valence-electron chi connectivity index (χ0n) is 15.3. The molecule has 2 heterocycles. The SMILES string of the molecule is COc1ccc(OC)c(CNS(=O)(=O)c2ccc3c(c2)-c2oncc2CO3)c1. The Kier molecular flexibility index (Phi) is 4.70. The third kappa shape index (κ3) is 3.30. The van der Waals surface area contributed by atoms with Crippen LogP contribution in [0.25, 0.3) is 11.3 Å². The lowest BCUT2D eigenvalue weighted by molar-refractivity contribution is 0.297. The van der Waals surface area contributed by atoms with Crippen LogP contribution in [-0.2, 0) is 23.2 Å². The number of aromatic nitrogens is 1. The quantitative estimate of drug-likeness (QED) is 0.677. The van der Waals surface area contributed by atoms with Crippen molar-refractivity contribution in [1.29, 1.82) is 0 Å². The van der Waals surface area contributed by atoms with Gasteiger partial charge in [0.2, 0.25) is 10.0 Å². The average molecular weight is 402 g/mol. The van der Waals surface area contributed by atoms with Crippen LogP contribution in [0.15, 0.2) is 52.0 Å². The minimum atomic E-state index is -3.79. The van der Waals surface area contributed by atoms with Crippen molar-refractivity contribution in [3.63, 3.8) is 0 Å². The summed E-state index contributed by atoms with van der Waals surface area (Å²) in [5.74, 6) is 2.25. The number of benzene rings is 2. The van der Waals surface area contributed by atoms with Gasteiger partial charge in [0.1, 0.15) is 23.9 Å². The van der Waals surface area contributed by atoms with Gasteiger partial charge in [-0.05, 0) is 36.4 Å². The molecule has 0 aliphatic carbocycles. The van der Waals surface area contributed by atoms with E-state index in [1.165, 1.54) is 19.2 Å². The van der Waals surface area contributed by atoms with Crippen LogP contribution in [0.5, 0.6) is 17.2 Å². The Labute approximate surface area is 162 Å². The molecule has 0 saturated heterocycles. The van der Waals surface area contributed by atoms with Crippen LogP contribution in [0.2, 0.25) is 0 Å². The molecule has 1 aromatic heterocycles. The number of rotatable bonds is 6. The highest BCUT2D eigenvalue weighted by atomic mass is 32.2. The summed E-state index contributed by atoms with van der Waals surface area (Å²) in [6, 6.07) is 9.82. The van der Waals surface area contributed by atoms with E-state index in [0.29, 0.717) is 40.7 Å². The van der Waals surface area contributed by atoms with Crippen LogP contribution in [0.1, 0.15) is 11.1 Å². The molecule has 9 heteroatoms. The fourth-order valence-corrected chi connectivity index (χ4v) is 4.03. The minimum Gasteiger partial charge on any atom is -0.497 e. The Morgan fingerprint density at radius 2 is 2.00 bits per heavy atom. The summed E-state index contributed by atoms with van der Waals surface area (Å²) in [4.78, 5) is 0.0981. The number of hydrogen-bond donors (Lipinski definition) is 1. The van der Waals surface area contributed by atoms with E-state index in [1.54, 1.807) is 37.6 Å². The molecule has 1 aliphatic rings. The molecule has 146 valence electrons. The first kappa shape index (κ1) is 18.3. The molecule has 2 aromatic carbocycles. The molecule has 0 bridgehead atoms. The summed E-state index contributed by atoms with van der Waals surface area (Å²) < 4.78 is 49.6. The smallest absolute Gasteiger partial charge is 0.240 e. The van der Waals surface area contributed by atoms with Gasteiger partial charge in [0.05, 0.1) is 36.4 Å². The summed E-state index contributed by atoms with van der Waals surface area (Å²) in [5.41, 5.74) is 1.99. The number of fused-ring (bicyclic) bond motifs is 3. The Morgan fingerprint density at radius 3 is 2.79 bits per heavy atom. The molecule has 8 nitrogen and oxygen atoms in total. The summed E-state index contributed by atoms with van der Waals surface area (Å²) in [7, 11) is -0.716. The molecule has 0 amide bonds. The van der Waals surface area contributed by atoms with Crippen LogP contribution in [0, 0.1) is 0 Å². The third-order valence-electron chi connectivity index (χ3n) is 4.47. The lowest BCUT2D eigenvalue weighted by Crippen LogP contribution is -2.23. The van der Waals surface area contributed by atoms with E-state index in [1.807, 2.05) is 0 Å². The molecule has 0 radical (unpaired) electrons. The second-order valence-corrected chi connectivity index (χ2v) is 7.90. The standard InChI is InChI=1S/C19H18N2O6S/c1-24-14-3-5-17(25-2)12(7-14)10-21-28(22,23)15-4-6-18-16(8-15)19-13(11-26-18)9-20-27-19/h3-9,21H,10-11H2,1-2H3. The molecule has 0 atom stereocenters. The van der Waals surface area contributed by atoms with E-state index in [0.717, 1.165) is 5.56 Å². The second-order valence-electron chi connectivity index (χ2n) is 6.13. The predicted molar refractivity (Wildman–Crippen MR) is 99.8 cm³/mol. The average Bonchev–Trinajstić information content (AvgIpc) is 3.21. The van der Waals surface area contributed by atoms with Crippen LogP contribution in [-0.4, -0.2) is 27.8 Å². The van der Waals surface area contributed by atoms with E-state index in [2.05, 4.69) is 9.88 Å². The van der Waals surface area contributed by atoms with Gasteiger partial charge < -0.3 is 18.7 Å². The zero-order valence-corrected chi connectivity index (χ0v) is 16.1. The molecular formula is C19H18N2O6S. The molecule has 28 heavy (non-hydrogen) atoms. The van der Waals surface area contributed by atoms with Gasteiger partial charge in [0, 0.05) is 12.1 Å². The highest BCUT2D eigenvalue weighted by Crippen LogP contribution is 2.38. The summed E-state index contributed by atoms with van der Waals surface area (Å²) in [6.07, 6.45) is 1.56. The molecule has 4 rings (SSSR count). The maximum Gasteiger partial charge on any atom is 0.240 e. The second kappa shape index (κ2) is 7.17. The lowest BCUT2D eigenvalue weighted by atomic mass is 10.1. The van der Waals surface area contributed by atoms with Crippen LogP contribution in [0.4, 0.5) is 0 Å². The molecular weight excluding hydrogens is 384 g/mol. The maximum absolute atomic E-state index is 12.8. The van der Waals surface area contributed by atoms with Crippen LogP contribution < -0.4 is 18.9 Å². The van der Waals surface area contributed by atoms with E-state index in [4.69, 9.17) is 18.7 Å². The van der Waals surface area contributed by atoms with E-state index >= 15 is 0 Å². The van der Waals surface area contributed by atoms with Gasteiger partial charge in [0.25, 0.3) is 0 Å². The first-order valence-corrected chi connectivity index (χ1v) is 9.91. The molecule has 0 spiro atoms. The first-order valence-electron chi connectivity index (χ1n) is 8.43. The van der Waals surface area contributed by atoms with Gasteiger partial charge in [-0.15, -0.1) is 0 Å². The maximum atomic E-state index is 12.8. The summed E-state index contributed by atoms with van der Waals surface area (Å²) in [5, 5.41) is 3.76. The minimum absolute atomic E-state index is 0.0455. The van der Waals surface area contributed by atoms with Crippen molar-refractivity contribution in [3.8, 4) is 28.6 Å². The van der Waals surface area contributed by atoms with Crippen molar-refractivity contribution in [2.45, 2.75) is 18.0 Å². The number of sulfonamides is 1. The first-order chi connectivity index (χ1) is 13.5. The molecule has 0 unspecified atom stereocenters. The summed E-state index contributed by atoms with van der Waals surface area (Å²) in [6.45, 7) is 0.385. The molecule has 1 aliphatic heterocycles. The number of hydrogen-bond acceptors (Lipinski definition) is 7. The topological polar surface area (TPSA) is 99.9 Å². The molecule has 0 fully saturated rings. The Hall–Kier alpha value is -3.04. The molecule has 3 aromatic rings. The third-order valence-corrected chi connectivity index (χ3v) is 5.87. The van der Waals surface area contributed by atoms with Crippen molar-refractivity contribution >= 4 is 10.0 Å². The normalized spacial score (nSPS) is 12.6. The van der Waals surface area contributed by atoms with Crippen LogP contribution in [0.3, 0.4) is 0 Å². The van der Waals surface area contributed by atoms with Crippen molar-refractivity contribution < 1.29 is 27.2 Å².